The molecule has 3 rings (SSSR count). The summed E-state index contributed by atoms with van der Waals surface area (Å²) in [5, 5.41) is 0.459. The first kappa shape index (κ1) is 5.92. The van der Waals surface area contributed by atoms with E-state index < -0.39 is 5.54 Å². The Morgan fingerprint density at radius 2 is 1.61 bits per heavy atom. The predicted molar refractivity (Wildman–Crippen MR) is 79.2 cm³/mol. The van der Waals surface area contributed by atoms with Gasteiger partial charge in [-0.05, 0) is 45.3 Å². The van der Waals surface area contributed by atoms with E-state index in [1.54, 1.807) is 11.5 Å². The van der Waals surface area contributed by atoms with E-state index in [2.05, 4.69) is 0 Å². The molecule has 0 N–H and O–H groups in total. The Bertz CT molecular complexity index is 980. The van der Waals surface area contributed by atoms with Gasteiger partial charge in [0.15, 0.2) is 0 Å². The van der Waals surface area contributed by atoms with Gasteiger partial charge < -0.3 is 4.57 Å². The molecule has 0 amide bonds. The van der Waals surface area contributed by atoms with Crippen molar-refractivity contribution in [3.63, 3.8) is 0 Å². The van der Waals surface area contributed by atoms with E-state index in [0.717, 1.165) is 0 Å². The highest BCUT2D eigenvalue weighted by Crippen LogP contribution is 2.34. The molecule has 0 radical (unpaired) electrons. The first-order valence-electron chi connectivity index (χ1n) is 9.42. The molecule has 3 aromatic rings. The van der Waals surface area contributed by atoms with Gasteiger partial charge in [-0.2, -0.15) is 0 Å². The maximum absolute atomic E-state index is 8.49. The van der Waals surface area contributed by atoms with Crippen LogP contribution in [0.1, 0.15) is 35.9 Å². The van der Waals surface area contributed by atoms with E-state index in [9.17, 15) is 0 Å². The third kappa shape index (κ3) is 1.54. The first-order valence-corrected chi connectivity index (χ1v) is 5.92. The monoisotopic (exact) mass is 244 g/mol. The van der Waals surface area contributed by atoms with Gasteiger partial charge in [-0.1, -0.05) is 30.2 Å². The van der Waals surface area contributed by atoms with E-state index in [-0.39, 0.29) is 58.6 Å². The van der Waals surface area contributed by atoms with Crippen LogP contribution in [-0.2, 0) is 5.54 Å². The lowest BCUT2D eigenvalue weighted by molar-refractivity contribution is 0.423. The van der Waals surface area contributed by atoms with Crippen molar-refractivity contribution in [2.45, 2.75) is 33.2 Å². The van der Waals surface area contributed by atoms with Gasteiger partial charge in [0.25, 0.3) is 0 Å². The summed E-state index contributed by atoms with van der Waals surface area (Å²) < 4.78 is 59.3. The van der Waals surface area contributed by atoms with Crippen LogP contribution in [0.2, 0.25) is 0 Å². The fraction of sp³-hybridized carbons (Fsp3) is 0.294. The summed E-state index contributed by atoms with van der Waals surface area (Å²) in [5.41, 5.74) is 0.450. The van der Waals surface area contributed by atoms with Crippen molar-refractivity contribution in [3.8, 4) is 0 Å². The third-order valence-corrected chi connectivity index (χ3v) is 2.95. The Balaban J connectivity index is 2.87. The summed E-state index contributed by atoms with van der Waals surface area (Å²) in [6.07, 6.45) is 0. The lowest BCUT2D eigenvalue weighted by Crippen LogP contribution is -2.21. The highest BCUT2D eigenvalue weighted by atomic mass is 15.0. The molecule has 18 heavy (non-hydrogen) atoms. The molecule has 0 aliphatic carbocycles. The molecule has 0 aliphatic rings. The average molecular weight is 244 g/mol. The molecule has 0 spiro atoms. The molecule has 1 heteroatoms. The number of hydrogen-bond donors (Lipinski definition) is 0. The van der Waals surface area contributed by atoms with Crippen molar-refractivity contribution in [1.29, 1.82) is 0 Å². The quantitative estimate of drug-likeness (QED) is 0.532. The van der Waals surface area contributed by atoms with Gasteiger partial charge >= 0.3 is 0 Å². The molecule has 0 saturated carbocycles. The minimum absolute atomic E-state index is 0.0824. The lowest BCUT2D eigenvalue weighted by atomic mass is 10.1. The molecule has 1 heterocycles. The Morgan fingerprint density at radius 3 is 2.33 bits per heavy atom. The number of aromatic nitrogens is 1. The van der Waals surface area contributed by atoms with Crippen LogP contribution >= 0.6 is 0 Å². The van der Waals surface area contributed by atoms with E-state index in [1.807, 2.05) is 20.8 Å². The fourth-order valence-corrected chi connectivity index (χ4v) is 2.27. The number of benzene rings is 2. The first-order chi connectivity index (χ1) is 11.4. The number of nitrogens with zero attached hydrogens (tertiary/aromatic N) is 1. The van der Waals surface area contributed by atoms with E-state index in [0.29, 0.717) is 11.1 Å². The number of rotatable bonds is 0. The number of fused-ring (bicyclic) bond motifs is 3. The Labute approximate surface area is 118 Å². The highest BCUT2D eigenvalue weighted by Gasteiger charge is 2.19. The largest absolute Gasteiger partial charge is 0.335 e. The van der Waals surface area contributed by atoms with Gasteiger partial charge in [-0.15, -0.1) is 0 Å². The number of para-hydroxylation sites is 1. The van der Waals surface area contributed by atoms with Crippen molar-refractivity contribution in [2.75, 3.05) is 0 Å². The molecule has 0 fully saturated rings. The SMILES string of the molecule is [2H]c1c([2H])c([2H])c2c(c1[2H])c1c([2H])c([2H])c(C)c([2H])c1n2C(C)(C)C. The van der Waals surface area contributed by atoms with Gasteiger partial charge in [0.2, 0.25) is 0 Å². The molecular weight excluding hydrogens is 218 g/mol. The lowest BCUT2D eigenvalue weighted by Gasteiger charge is -2.24. The average Bonchev–Trinajstić information content (AvgIpc) is 2.90. The summed E-state index contributed by atoms with van der Waals surface area (Å²) in [6.45, 7) is 7.28. The second-order valence-electron chi connectivity index (χ2n) is 5.45. The molecule has 92 valence electrons. The molecule has 1 aromatic heterocycles. The van der Waals surface area contributed by atoms with Crippen molar-refractivity contribution < 1.29 is 9.60 Å². The Morgan fingerprint density at radius 1 is 0.944 bits per heavy atom. The van der Waals surface area contributed by atoms with Crippen LogP contribution < -0.4 is 0 Å². The zero-order valence-corrected chi connectivity index (χ0v) is 10.9. The van der Waals surface area contributed by atoms with E-state index >= 15 is 0 Å². The molecule has 0 bridgehead atoms. The minimum atomic E-state index is -0.573. The third-order valence-electron chi connectivity index (χ3n) is 2.95. The van der Waals surface area contributed by atoms with Gasteiger partial charge in [0.1, 0.15) is 0 Å². The molecule has 0 atom stereocenters. The molecule has 1 nitrogen and oxygen atoms in total. The van der Waals surface area contributed by atoms with Crippen molar-refractivity contribution in [1.82, 2.24) is 4.57 Å². The van der Waals surface area contributed by atoms with Crippen LogP contribution in [0.4, 0.5) is 0 Å². The number of hydrogen-bond acceptors (Lipinski definition) is 0. The van der Waals surface area contributed by atoms with Crippen molar-refractivity contribution >= 4 is 21.8 Å². The zero-order valence-electron chi connectivity index (χ0n) is 17.9. The molecule has 0 saturated heterocycles. The standard InChI is InChI=1S/C17H19N/c1-12-9-10-14-13-7-5-6-8-15(13)18(16(14)11-12)17(2,3)4/h5-11H,1-4H3/i5D,6D,7D,8D,9D,10D,11D. The maximum Gasteiger partial charge on any atom is 0.0648 e. The fourth-order valence-electron chi connectivity index (χ4n) is 2.27. The summed E-state index contributed by atoms with van der Waals surface area (Å²) in [4.78, 5) is 0. The highest BCUT2D eigenvalue weighted by molar-refractivity contribution is 6.08. The van der Waals surface area contributed by atoms with Crippen LogP contribution in [0.3, 0.4) is 0 Å². The van der Waals surface area contributed by atoms with Crippen LogP contribution in [0.15, 0.2) is 42.3 Å². The topological polar surface area (TPSA) is 4.93 Å². The summed E-state index contributed by atoms with van der Waals surface area (Å²) in [6, 6.07) is -1.25. The van der Waals surface area contributed by atoms with Gasteiger partial charge in [-0.3, -0.25) is 0 Å². The maximum atomic E-state index is 8.49. The normalized spacial score (nSPS) is 17.9. The molecule has 0 aliphatic heterocycles. The summed E-state index contributed by atoms with van der Waals surface area (Å²) in [7, 11) is 0. The van der Waals surface area contributed by atoms with E-state index in [1.165, 1.54) is 0 Å². The van der Waals surface area contributed by atoms with Crippen LogP contribution in [0.5, 0.6) is 0 Å². The van der Waals surface area contributed by atoms with Gasteiger partial charge in [-0.25, -0.2) is 0 Å². The Kier molecular flexibility index (Phi) is 1.19. The van der Waals surface area contributed by atoms with Crippen molar-refractivity contribution in [3.05, 3.63) is 47.9 Å². The van der Waals surface area contributed by atoms with Gasteiger partial charge in [0.05, 0.1) is 9.60 Å². The molecule has 2 aromatic carbocycles. The zero-order chi connectivity index (χ0) is 19.0. The van der Waals surface area contributed by atoms with Gasteiger partial charge in [0, 0.05) is 27.3 Å². The second kappa shape index (κ2) is 3.61. The second-order valence-corrected chi connectivity index (χ2v) is 5.45. The van der Waals surface area contributed by atoms with Crippen LogP contribution in [-0.4, -0.2) is 4.57 Å². The van der Waals surface area contributed by atoms with Crippen LogP contribution in [0.25, 0.3) is 21.8 Å². The molecule has 0 unspecified atom stereocenters. The summed E-state index contributed by atoms with van der Waals surface area (Å²) in [5.74, 6) is 0. The molecular formula is C17H19N. The van der Waals surface area contributed by atoms with Crippen LogP contribution in [0, 0.1) is 6.92 Å². The summed E-state index contributed by atoms with van der Waals surface area (Å²) >= 11 is 0. The van der Waals surface area contributed by atoms with E-state index in [4.69, 9.17) is 9.60 Å². The van der Waals surface area contributed by atoms with Crippen molar-refractivity contribution in [2.24, 2.45) is 0 Å². The smallest absolute Gasteiger partial charge is 0.0648 e. The minimum Gasteiger partial charge on any atom is -0.335 e. The predicted octanol–water partition coefficient (Wildman–Crippen LogP) is 4.86. The Hall–Kier alpha value is -1.76.